The number of carbonyl (C=O) groups is 3. The molecule has 1 aromatic heterocycles. The maximum absolute atomic E-state index is 14.6. The molecule has 18 atom stereocenters. The number of para-hydroxylation sites is 1. The number of aliphatic hydroxyl groups is 3. The molecule has 3 aliphatic heterocycles. The van der Waals surface area contributed by atoms with Crippen molar-refractivity contribution in [1.82, 2.24) is 15.2 Å². The molecule has 2 aromatic rings. The molecule has 17 heteroatoms. The molecule has 0 bridgehead atoms. The van der Waals surface area contributed by atoms with Gasteiger partial charge in [0.1, 0.15) is 23.4 Å². The highest BCUT2D eigenvalue weighted by atomic mass is 16.7. The highest BCUT2D eigenvalue weighted by Gasteiger charge is 2.54. The van der Waals surface area contributed by atoms with Crippen molar-refractivity contribution in [2.24, 2.45) is 17.8 Å². The standard InChI is InChI=1S/C52H79N3O14/c1-15-23-63-51(10)26-29(3)54-47(59)33(7)44(58)52(11,61)39(16-2)66-48(60)32(6)43(31(5)45(51)69-49-42(57)38(55(12)13)24-30(4)64-49)68-41-27-50(9,62-14)46(34(8)65-41)67-40(56)22-21-35-25-36-19-17-18-20-37(36)53-28-35/h15,17-22,25,28-34,38-39,41-46,49,57-58,61H,1,16,23-24,26-27H2,2-14H3,(H,54,59)/b22-21+/t29-,30-,31+,32-,33-,34+,38+,39-,41+,42-,43+,44-,45-,46+,49+,50-,51-,52-/m1/s1. The van der Waals surface area contributed by atoms with Gasteiger partial charge in [-0.1, -0.05) is 45.0 Å². The zero-order chi connectivity index (χ0) is 51.2. The van der Waals surface area contributed by atoms with Crippen LogP contribution in [0.25, 0.3) is 17.0 Å². The van der Waals surface area contributed by atoms with E-state index in [2.05, 4.69) is 16.9 Å². The smallest absolute Gasteiger partial charge is 0.331 e. The highest BCUT2D eigenvalue weighted by molar-refractivity contribution is 5.88. The third-order valence-corrected chi connectivity index (χ3v) is 14.4. The van der Waals surface area contributed by atoms with E-state index in [1.165, 1.54) is 27.0 Å². The number of nitrogens with zero attached hydrogens (tertiary/aromatic N) is 2. The highest BCUT2D eigenvalue weighted by Crippen LogP contribution is 2.41. The monoisotopic (exact) mass is 970 g/mol. The number of amides is 1. The van der Waals surface area contributed by atoms with E-state index in [0.717, 1.165) is 10.9 Å². The Morgan fingerprint density at radius 1 is 0.986 bits per heavy atom. The van der Waals surface area contributed by atoms with Crippen molar-refractivity contribution in [2.45, 2.75) is 185 Å². The van der Waals surface area contributed by atoms with Crippen LogP contribution < -0.4 is 5.32 Å². The van der Waals surface area contributed by atoms with Gasteiger partial charge in [0, 0.05) is 49.2 Å². The van der Waals surface area contributed by atoms with Crippen LogP contribution in [0.1, 0.15) is 100 Å². The van der Waals surface area contributed by atoms with Gasteiger partial charge >= 0.3 is 11.9 Å². The van der Waals surface area contributed by atoms with Gasteiger partial charge < -0.3 is 63.4 Å². The van der Waals surface area contributed by atoms with Crippen LogP contribution in [0.5, 0.6) is 0 Å². The number of esters is 2. The number of hydrogen-bond acceptors (Lipinski definition) is 16. The fourth-order valence-electron chi connectivity index (χ4n) is 10.4. The third kappa shape index (κ3) is 13.2. The van der Waals surface area contributed by atoms with Crippen LogP contribution in [0.3, 0.4) is 0 Å². The lowest BCUT2D eigenvalue weighted by Gasteiger charge is -2.50. The van der Waals surface area contributed by atoms with Crippen LogP contribution in [0, 0.1) is 17.8 Å². The summed E-state index contributed by atoms with van der Waals surface area (Å²) in [5, 5.41) is 39.1. The van der Waals surface area contributed by atoms with E-state index in [1.54, 1.807) is 53.0 Å². The first-order chi connectivity index (χ1) is 32.4. The number of aromatic nitrogens is 1. The second-order valence-electron chi connectivity index (χ2n) is 20.3. The van der Waals surface area contributed by atoms with Crippen molar-refractivity contribution in [2.75, 3.05) is 27.8 Å². The average molecular weight is 970 g/mol. The van der Waals surface area contributed by atoms with E-state index in [4.69, 9.17) is 37.9 Å². The van der Waals surface area contributed by atoms with E-state index in [0.29, 0.717) is 12.0 Å². The van der Waals surface area contributed by atoms with Gasteiger partial charge in [-0.25, -0.2) is 4.79 Å². The molecule has 0 spiro atoms. The number of hydrogen-bond donors (Lipinski definition) is 4. The summed E-state index contributed by atoms with van der Waals surface area (Å²) in [5.41, 5.74) is -2.99. The molecular formula is C52H79N3O14. The minimum Gasteiger partial charge on any atom is -0.459 e. The van der Waals surface area contributed by atoms with E-state index in [-0.39, 0.29) is 38.0 Å². The lowest BCUT2D eigenvalue weighted by atomic mass is 9.78. The molecular weight excluding hydrogens is 891 g/mol. The number of benzene rings is 1. The maximum atomic E-state index is 14.6. The average Bonchev–Trinajstić information content (AvgIpc) is 3.30. The van der Waals surface area contributed by atoms with Crippen molar-refractivity contribution >= 4 is 34.8 Å². The summed E-state index contributed by atoms with van der Waals surface area (Å²) in [7, 11) is 5.26. The van der Waals surface area contributed by atoms with Crippen LogP contribution in [0.2, 0.25) is 0 Å². The molecule has 17 nitrogen and oxygen atoms in total. The predicted octanol–water partition coefficient (Wildman–Crippen LogP) is 5.11. The summed E-state index contributed by atoms with van der Waals surface area (Å²) in [6, 6.07) is 8.65. The van der Waals surface area contributed by atoms with Crippen molar-refractivity contribution in [3.63, 3.8) is 0 Å². The largest absolute Gasteiger partial charge is 0.459 e. The van der Waals surface area contributed by atoms with E-state index >= 15 is 0 Å². The summed E-state index contributed by atoms with van der Waals surface area (Å²) < 4.78 is 51.8. The number of cyclic esters (lactones) is 1. The molecule has 69 heavy (non-hydrogen) atoms. The van der Waals surface area contributed by atoms with Gasteiger partial charge in [0.15, 0.2) is 18.7 Å². The Bertz CT molecular complexity index is 2090. The molecule has 5 rings (SSSR count). The lowest BCUT2D eigenvalue weighted by molar-refractivity contribution is -0.320. The Labute approximate surface area is 408 Å². The molecule has 1 amide bonds. The van der Waals surface area contributed by atoms with Crippen molar-refractivity contribution in [3.05, 3.63) is 60.8 Å². The number of fused-ring (bicyclic) bond motifs is 1. The summed E-state index contributed by atoms with van der Waals surface area (Å²) in [6.45, 7) is 21.0. The summed E-state index contributed by atoms with van der Waals surface area (Å²) >= 11 is 0. The van der Waals surface area contributed by atoms with E-state index in [9.17, 15) is 29.7 Å². The van der Waals surface area contributed by atoms with Crippen molar-refractivity contribution < 1.29 is 67.6 Å². The number of likely N-dealkylation sites (N-methyl/N-ethyl adjacent to an activating group) is 1. The Hall–Kier alpha value is -3.88. The Kier molecular flexibility index (Phi) is 19.1. The van der Waals surface area contributed by atoms with Gasteiger partial charge in [-0.05, 0) is 106 Å². The number of ether oxygens (including phenoxy) is 8. The van der Waals surface area contributed by atoms with Crippen molar-refractivity contribution in [3.8, 4) is 0 Å². The van der Waals surface area contributed by atoms with Crippen LogP contribution in [-0.2, 0) is 52.3 Å². The third-order valence-electron chi connectivity index (χ3n) is 14.4. The van der Waals surface area contributed by atoms with Gasteiger partial charge in [0.2, 0.25) is 5.91 Å². The molecule has 0 saturated carbocycles. The minimum atomic E-state index is -2.05. The van der Waals surface area contributed by atoms with Crippen LogP contribution in [0.15, 0.2) is 55.3 Å². The first-order valence-corrected chi connectivity index (χ1v) is 24.3. The molecule has 4 N–H and O–H groups in total. The van der Waals surface area contributed by atoms with E-state index in [1.807, 2.05) is 70.1 Å². The van der Waals surface area contributed by atoms with Crippen LogP contribution >= 0.6 is 0 Å². The number of methoxy groups -OCH3 is 1. The molecule has 0 radical (unpaired) electrons. The number of aliphatic hydroxyl groups excluding tert-OH is 2. The molecule has 0 unspecified atom stereocenters. The first-order valence-electron chi connectivity index (χ1n) is 24.3. The zero-order valence-corrected chi connectivity index (χ0v) is 42.8. The molecule has 1 aromatic carbocycles. The van der Waals surface area contributed by atoms with Crippen LogP contribution in [-0.4, -0.2) is 161 Å². The minimum absolute atomic E-state index is 0.0385. The zero-order valence-electron chi connectivity index (χ0n) is 42.8. The number of carbonyl (C=O) groups excluding carboxylic acids is 3. The summed E-state index contributed by atoms with van der Waals surface area (Å²) in [5.74, 6) is -4.99. The molecule has 3 fully saturated rings. The Balaban J connectivity index is 1.55. The fourth-order valence-corrected chi connectivity index (χ4v) is 10.4. The molecule has 386 valence electrons. The maximum Gasteiger partial charge on any atom is 0.331 e. The van der Waals surface area contributed by atoms with E-state index < -0.39 is 114 Å². The van der Waals surface area contributed by atoms with Gasteiger partial charge in [-0.2, -0.15) is 0 Å². The first kappa shape index (κ1) is 56.0. The SMILES string of the molecule is C=CCO[C@]1(C)C[C@@H](C)NC(=O)[C@H](C)[C@@H](O)[C@](C)(O)[C@@H](CC)OC(=O)[C@H](C)[C@@H](O[C@H]2C[C@@](C)(OC)[C@@H](OC(=O)/C=C/c3cnc4ccccc4c3)[C@H](C)O2)[C@H](C)[C@H]1O[C@@H]1O[C@H](C)C[C@H](N(C)C)[C@H]1O. The van der Waals surface area contributed by atoms with Crippen LogP contribution in [0.4, 0.5) is 0 Å². The predicted molar refractivity (Wildman–Crippen MR) is 258 cm³/mol. The number of pyridine rings is 1. The topological polar surface area (TPSA) is 214 Å². The van der Waals surface area contributed by atoms with Gasteiger partial charge in [0.05, 0.1) is 60.1 Å². The summed E-state index contributed by atoms with van der Waals surface area (Å²) in [4.78, 5) is 48.3. The number of nitrogens with one attached hydrogen (secondary N) is 1. The second-order valence-corrected chi connectivity index (χ2v) is 20.3. The Morgan fingerprint density at radius 3 is 2.33 bits per heavy atom. The fraction of sp³-hybridized carbons (Fsp3) is 0.692. The quantitative estimate of drug-likeness (QED) is 0.117. The number of rotatable bonds is 13. The lowest BCUT2D eigenvalue weighted by Crippen LogP contribution is -2.61. The second kappa shape index (κ2) is 23.6. The Morgan fingerprint density at radius 2 is 1.68 bits per heavy atom. The van der Waals surface area contributed by atoms with Gasteiger partial charge in [-0.15, -0.1) is 6.58 Å². The molecule has 0 aliphatic carbocycles. The van der Waals surface area contributed by atoms with Gasteiger partial charge in [-0.3, -0.25) is 14.6 Å². The molecule has 3 aliphatic rings. The molecule has 3 saturated heterocycles. The van der Waals surface area contributed by atoms with Crippen molar-refractivity contribution in [1.29, 1.82) is 0 Å². The normalized spacial score (nSPS) is 39.9. The molecule has 4 heterocycles. The summed E-state index contributed by atoms with van der Waals surface area (Å²) in [6.07, 6.45) is -3.38. The van der Waals surface area contributed by atoms with Gasteiger partial charge in [0.25, 0.3) is 0 Å².